The second kappa shape index (κ2) is 14.9. The van der Waals surface area contributed by atoms with Gasteiger partial charge in [-0.15, -0.1) is 0 Å². The molecule has 0 atom stereocenters. The summed E-state index contributed by atoms with van der Waals surface area (Å²) in [6.07, 6.45) is 3.08. The molecule has 0 aliphatic carbocycles. The molecule has 0 rings (SSSR count). The number of nitrogens with two attached hydrogens (primary N) is 1. The fourth-order valence-corrected chi connectivity index (χ4v) is 1.17. The Hall–Kier alpha value is -1.13. The van der Waals surface area contributed by atoms with Crippen LogP contribution in [0.15, 0.2) is 12.3 Å². The smallest absolute Gasteiger partial charge is 0.0927 e. The lowest BCUT2D eigenvalue weighted by atomic mass is 10.5. The number of nitrogens with one attached hydrogen (secondary N) is 4. The second-order valence-electron chi connectivity index (χ2n) is 3.46. The van der Waals surface area contributed by atoms with Gasteiger partial charge in [-0.3, -0.25) is 0 Å². The molecule has 0 aromatic carbocycles. The molecule has 0 bridgehead atoms. The summed E-state index contributed by atoms with van der Waals surface area (Å²) < 4.78 is 0. The van der Waals surface area contributed by atoms with E-state index >= 15 is 0 Å². The predicted molar refractivity (Wildman–Crippen MR) is 70.4 cm³/mol. The Balaban J connectivity index is 2.94. The Morgan fingerprint density at radius 3 is 1.94 bits per heavy atom. The number of nitriles is 1. The Labute approximate surface area is 104 Å². The first kappa shape index (κ1) is 15.9. The summed E-state index contributed by atoms with van der Waals surface area (Å²) >= 11 is 0. The van der Waals surface area contributed by atoms with Gasteiger partial charge in [-0.05, 0) is 0 Å². The van der Waals surface area contributed by atoms with E-state index in [1.54, 1.807) is 6.20 Å². The van der Waals surface area contributed by atoms with Crippen molar-refractivity contribution in [1.82, 2.24) is 21.3 Å². The van der Waals surface area contributed by atoms with E-state index in [1.165, 1.54) is 6.08 Å². The summed E-state index contributed by atoms with van der Waals surface area (Å²) in [5.74, 6) is 0. The molecule has 0 radical (unpaired) electrons. The molecule has 0 saturated heterocycles. The highest BCUT2D eigenvalue weighted by Crippen LogP contribution is 1.65. The molecule has 6 nitrogen and oxygen atoms in total. The quantitative estimate of drug-likeness (QED) is 0.207. The Bertz CT molecular complexity index is 210. The van der Waals surface area contributed by atoms with Gasteiger partial charge in [0.1, 0.15) is 0 Å². The molecule has 0 saturated carbocycles. The van der Waals surface area contributed by atoms with Gasteiger partial charge >= 0.3 is 0 Å². The lowest BCUT2D eigenvalue weighted by molar-refractivity contribution is 0.580. The van der Waals surface area contributed by atoms with Crippen LogP contribution in [-0.4, -0.2) is 52.4 Å². The standard InChI is InChI=1S/C11H24N6/c12-2-1-4-14-6-8-16-10-11-17-9-7-15-5-3-13/h1,4,14-17H,3,5-11,13H2. The summed E-state index contributed by atoms with van der Waals surface area (Å²) in [6, 6.07) is 1.92. The minimum Gasteiger partial charge on any atom is -0.389 e. The van der Waals surface area contributed by atoms with Crippen LogP contribution in [0.4, 0.5) is 0 Å². The van der Waals surface area contributed by atoms with Crippen molar-refractivity contribution in [2.45, 2.75) is 0 Å². The van der Waals surface area contributed by atoms with Gasteiger partial charge in [0.25, 0.3) is 0 Å². The molecule has 0 heterocycles. The highest BCUT2D eigenvalue weighted by Gasteiger charge is 1.88. The van der Waals surface area contributed by atoms with Gasteiger partial charge in [0.2, 0.25) is 0 Å². The molecule has 0 aliphatic heterocycles. The topological polar surface area (TPSA) is 97.9 Å². The number of hydrogen-bond donors (Lipinski definition) is 5. The van der Waals surface area contributed by atoms with E-state index in [1.807, 2.05) is 6.07 Å². The zero-order valence-corrected chi connectivity index (χ0v) is 10.3. The molecule has 0 aromatic rings. The van der Waals surface area contributed by atoms with Crippen LogP contribution in [0.1, 0.15) is 0 Å². The van der Waals surface area contributed by atoms with Gasteiger partial charge in [-0.2, -0.15) is 5.26 Å². The lowest BCUT2D eigenvalue weighted by Crippen LogP contribution is -2.35. The SMILES string of the molecule is N#CC=CNCCNCCNCCNCCN. The maximum atomic E-state index is 8.23. The number of rotatable bonds is 12. The van der Waals surface area contributed by atoms with E-state index in [0.717, 1.165) is 45.8 Å². The molecular weight excluding hydrogens is 216 g/mol. The fourth-order valence-electron chi connectivity index (χ4n) is 1.17. The third-order valence-corrected chi connectivity index (χ3v) is 2.00. The van der Waals surface area contributed by atoms with Crippen LogP contribution < -0.4 is 27.0 Å². The summed E-state index contributed by atoms with van der Waals surface area (Å²) in [7, 11) is 0. The van der Waals surface area contributed by atoms with Gasteiger partial charge in [0.05, 0.1) is 6.07 Å². The van der Waals surface area contributed by atoms with E-state index in [4.69, 9.17) is 11.0 Å². The monoisotopic (exact) mass is 240 g/mol. The third-order valence-electron chi connectivity index (χ3n) is 2.00. The van der Waals surface area contributed by atoms with E-state index in [2.05, 4.69) is 21.3 Å². The molecule has 98 valence electrons. The van der Waals surface area contributed by atoms with Crippen molar-refractivity contribution in [1.29, 1.82) is 5.26 Å². The van der Waals surface area contributed by atoms with E-state index in [-0.39, 0.29) is 0 Å². The van der Waals surface area contributed by atoms with Crippen molar-refractivity contribution in [3.8, 4) is 6.07 Å². The fraction of sp³-hybridized carbons (Fsp3) is 0.727. The highest BCUT2D eigenvalue weighted by atomic mass is 15.0. The third kappa shape index (κ3) is 14.9. The first-order chi connectivity index (χ1) is 8.41. The molecule has 6 heteroatoms. The van der Waals surface area contributed by atoms with Gasteiger partial charge < -0.3 is 27.0 Å². The van der Waals surface area contributed by atoms with Crippen molar-refractivity contribution in [2.24, 2.45) is 5.73 Å². The zero-order valence-electron chi connectivity index (χ0n) is 10.3. The van der Waals surface area contributed by atoms with Gasteiger partial charge in [0, 0.05) is 64.6 Å². The summed E-state index contributed by atoms with van der Waals surface area (Å²) in [5.41, 5.74) is 5.35. The van der Waals surface area contributed by atoms with Crippen molar-refractivity contribution in [3.05, 3.63) is 12.3 Å². The second-order valence-corrected chi connectivity index (χ2v) is 3.46. The number of allylic oxidation sites excluding steroid dienone is 1. The summed E-state index contributed by atoms with van der Waals surface area (Å²) in [5, 5.41) is 21.0. The van der Waals surface area contributed by atoms with Crippen LogP contribution >= 0.6 is 0 Å². The normalized spacial score (nSPS) is 10.6. The molecule has 0 amide bonds. The maximum Gasteiger partial charge on any atom is 0.0927 e. The average molecular weight is 240 g/mol. The minimum absolute atomic E-state index is 0.689. The largest absolute Gasteiger partial charge is 0.389 e. The molecule has 0 aromatic heterocycles. The molecule has 6 N–H and O–H groups in total. The van der Waals surface area contributed by atoms with Gasteiger partial charge in [-0.1, -0.05) is 0 Å². The minimum atomic E-state index is 0.689. The first-order valence-electron chi connectivity index (χ1n) is 6.02. The van der Waals surface area contributed by atoms with Crippen LogP contribution in [0.5, 0.6) is 0 Å². The molecule has 0 unspecified atom stereocenters. The van der Waals surface area contributed by atoms with Crippen LogP contribution in [-0.2, 0) is 0 Å². The highest BCUT2D eigenvalue weighted by molar-refractivity contribution is 5.00. The number of hydrogen-bond acceptors (Lipinski definition) is 6. The molecule has 0 aliphatic rings. The Morgan fingerprint density at radius 1 is 0.882 bits per heavy atom. The van der Waals surface area contributed by atoms with Crippen LogP contribution in [0.2, 0.25) is 0 Å². The van der Waals surface area contributed by atoms with Crippen molar-refractivity contribution in [2.75, 3.05) is 52.4 Å². The van der Waals surface area contributed by atoms with Gasteiger partial charge in [0.15, 0.2) is 0 Å². The maximum absolute atomic E-state index is 8.23. The molecule has 0 fully saturated rings. The van der Waals surface area contributed by atoms with Crippen LogP contribution in [0, 0.1) is 11.3 Å². The molecular formula is C11H24N6. The van der Waals surface area contributed by atoms with Crippen molar-refractivity contribution >= 4 is 0 Å². The molecule has 17 heavy (non-hydrogen) atoms. The summed E-state index contributed by atoms with van der Waals surface area (Å²) in [4.78, 5) is 0. The van der Waals surface area contributed by atoms with Crippen LogP contribution in [0.3, 0.4) is 0 Å². The van der Waals surface area contributed by atoms with Crippen LogP contribution in [0.25, 0.3) is 0 Å². The Kier molecular flexibility index (Phi) is 13.9. The number of nitrogens with zero attached hydrogens (tertiary/aromatic N) is 1. The summed E-state index contributed by atoms with van der Waals surface area (Å²) in [6.45, 7) is 7.11. The predicted octanol–water partition coefficient (Wildman–Crippen LogP) is -1.66. The Morgan fingerprint density at radius 2 is 1.41 bits per heavy atom. The zero-order chi connectivity index (χ0) is 12.6. The van der Waals surface area contributed by atoms with E-state index in [9.17, 15) is 0 Å². The van der Waals surface area contributed by atoms with Gasteiger partial charge in [-0.25, -0.2) is 0 Å². The van der Waals surface area contributed by atoms with E-state index < -0.39 is 0 Å². The lowest BCUT2D eigenvalue weighted by Gasteiger charge is -2.07. The average Bonchev–Trinajstić information content (AvgIpc) is 2.35. The van der Waals surface area contributed by atoms with Crippen molar-refractivity contribution in [3.63, 3.8) is 0 Å². The first-order valence-corrected chi connectivity index (χ1v) is 6.02. The van der Waals surface area contributed by atoms with Crippen molar-refractivity contribution < 1.29 is 0 Å². The molecule has 0 spiro atoms. The van der Waals surface area contributed by atoms with E-state index in [0.29, 0.717) is 6.54 Å².